The molecule has 2 aromatic rings. The summed E-state index contributed by atoms with van der Waals surface area (Å²) in [6.07, 6.45) is -1.97. The minimum Gasteiger partial charge on any atom is -0.394 e. The van der Waals surface area contributed by atoms with E-state index in [0.29, 0.717) is 0 Å². The molecule has 0 saturated carbocycles. The Morgan fingerprint density at radius 2 is 2.33 bits per heavy atom. The topological polar surface area (TPSA) is 130 Å². The average molecular weight is 257 g/mol. The van der Waals surface area contributed by atoms with E-state index in [4.69, 9.17) is 15.9 Å². The zero-order valence-corrected chi connectivity index (χ0v) is 9.25. The molecule has 0 saturated heterocycles. The fourth-order valence-electron chi connectivity index (χ4n) is 1.53. The molecule has 98 valence electrons. The van der Waals surface area contributed by atoms with Crippen molar-refractivity contribution in [3.63, 3.8) is 0 Å². The molecule has 8 nitrogen and oxygen atoms in total. The van der Waals surface area contributed by atoms with E-state index in [0.717, 1.165) is 0 Å². The van der Waals surface area contributed by atoms with Gasteiger partial charge in [-0.25, -0.2) is 9.37 Å². The first-order valence-corrected chi connectivity index (χ1v) is 5.16. The van der Waals surface area contributed by atoms with Crippen molar-refractivity contribution in [3.8, 4) is 0 Å². The van der Waals surface area contributed by atoms with Gasteiger partial charge in [-0.05, 0) is 0 Å². The number of aromatic nitrogens is 4. The highest BCUT2D eigenvalue weighted by atomic mass is 19.1. The van der Waals surface area contributed by atoms with E-state index < -0.39 is 24.4 Å². The summed E-state index contributed by atoms with van der Waals surface area (Å²) in [6, 6.07) is 0. The number of fused-ring (bicyclic) bond motifs is 1. The van der Waals surface area contributed by atoms with E-state index in [1.165, 1.54) is 10.9 Å². The first-order chi connectivity index (χ1) is 8.52. The third-order valence-corrected chi connectivity index (χ3v) is 2.47. The lowest BCUT2D eigenvalue weighted by atomic mass is 10.2. The number of hydrogen-bond donors (Lipinski definition) is 4. The predicted octanol–water partition coefficient (Wildman–Crippen LogP) is -1.61. The molecule has 0 spiro atoms. The SMILES string of the molecule is Nc1nc2c(ncn2C[C@@H](F)[C@H](O)CO)c(=O)[nH]1. The first kappa shape index (κ1) is 12.5. The Kier molecular flexibility index (Phi) is 3.26. The Labute approximate surface area is 99.9 Å². The van der Waals surface area contributed by atoms with Crippen LogP contribution in [0.1, 0.15) is 0 Å². The van der Waals surface area contributed by atoms with Crippen LogP contribution < -0.4 is 11.3 Å². The summed E-state index contributed by atoms with van der Waals surface area (Å²) < 4.78 is 14.7. The number of aromatic amines is 1. The molecule has 5 N–H and O–H groups in total. The van der Waals surface area contributed by atoms with Crippen LogP contribution in [0.25, 0.3) is 11.2 Å². The first-order valence-electron chi connectivity index (χ1n) is 5.16. The molecule has 2 aromatic heterocycles. The summed E-state index contributed by atoms with van der Waals surface area (Å²) in [5.41, 5.74) is 5.03. The summed E-state index contributed by atoms with van der Waals surface area (Å²) in [6.45, 7) is -0.974. The van der Waals surface area contributed by atoms with Crippen LogP contribution >= 0.6 is 0 Å². The lowest BCUT2D eigenvalue weighted by molar-refractivity contribution is 0.0220. The lowest BCUT2D eigenvalue weighted by Gasteiger charge is -2.13. The number of nitrogens with one attached hydrogen (secondary N) is 1. The number of aliphatic hydroxyl groups is 2. The summed E-state index contributed by atoms with van der Waals surface area (Å²) in [5.74, 6) is -0.104. The largest absolute Gasteiger partial charge is 0.394 e. The number of nitrogens with two attached hydrogens (primary N) is 1. The van der Waals surface area contributed by atoms with Gasteiger partial charge in [-0.3, -0.25) is 9.78 Å². The fourth-order valence-corrected chi connectivity index (χ4v) is 1.53. The highest BCUT2D eigenvalue weighted by Crippen LogP contribution is 2.10. The van der Waals surface area contributed by atoms with Gasteiger partial charge in [0, 0.05) is 0 Å². The fraction of sp³-hybridized carbons (Fsp3) is 0.444. The maximum absolute atomic E-state index is 13.5. The maximum atomic E-state index is 13.5. The second kappa shape index (κ2) is 4.70. The van der Waals surface area contributed by atoms with E-state index in [-0.39, 0.29) is 23.7 Å². The van der Waals surface area contributed by atoms with Gasteiger partial charge in [0.25, 0.3) is 5.56 Å². The minimum absolute atomic E-state index is 0.0369. The van der Waals surface area contributed by atoms with Gasteiger partial charge in [0.15, 0.2) is 11.2 Å². The molecule has 2 atom stereocenters. The number of H-pyrrole nitrogens is 1. The predicted molar refractivity (Wildman–Crippen MR) is 60.5 cm³/mol. The van der Waals surface area contributed by atoms with Gasteiger partial charge >= 0.3 is 0 Å². The lowest BCUT2D eigenvalue weighted by Crippen LogP contribution is -2.29. The van der Waals surface area contributed by atoms with Crippen LogP contribution in [0.2, 0.25) is 0 Å². The smallest absolute Gasteiger partial charge is 0.280 e. The van der Waals surface area contributed by atoms with E-state index in [9.17, 15) is 9.18 Å². The van der Waals surface area contributed by atoms with Gasteiger partial charge < -0.3 is 20.5 Å². The number of halogens is 1. The van der Waals surface area contributed by atoms with Crippen molar-refractivity contribution < 1.29 is 14.6 Å². The quantitative estimate of drug-likeness (QED) is 0.521. The summed E-state index contributed by atoms with van der Waals surface area (Å²) >= 11 is 0. The van der Waals surface area contributed by atoms with Crippen molar-refractivity contribution in [2.75, 3.05) is 12.3 Å². The molecule has 2 rings (SSSR count). The van der Waals surface area contributed by atoms with Crippen LogP contribution in [0.3, 0.4) is 0 Å². The molecular weight excluding hydrogens is 245 g/mol. The average Bonchev–Trinajstić information content (AvgIpc) is 2.71. The van der Waals surface area contributed by atoms with E-state index in [2.05, 4.69) is 15.0 Å². The molecule has 2 heterocycles. The molecule has 0 unspecified atom stereocenters. The van der Waals surface area contributed by atoms with E-state index in [1.807, 2.05) is 0 Å². The molecule has 0 fully saturated rings. The molecule has 0 bridgehead atoms. The van der Waals surface area contributed by atoms with Crippen LogP contribution in [-0.2, 0) is 6.54 Å². The van der Waals surface area contributed by atoms with Gasteiger partial charge in [-0.15, -0.1) is 0 Å². The number of alkyl halides is 1. The van der Waals surface area contributed by atoms with Crippen molar-refractivity contribution in [3.05, 3.63) is 16.7 Å². The Hall–Kier alpha value is -2.00. The number of hydrogen-bond acceptors (Lipinski definition) is 6. The van der Waals surface area contributed by atoms with E-state index in [1.54, 1.807) is 0 Å². The van der Waals surface area contributed by atoms with Crippen molar-refractivity contribution >= 4 is 17.1 Å². The molecule has 0 radical (unpaired) electrons. The van der Waals surface area contributed by atoms with Gasteiger partial charge in [0.1, 0.15) is 12.3 Å². The van der Waals surface area contributed by atoms with Crippen molar-refractivity contribution in [2.45, 2.75) is 18.8 Å². The molecule has 0 aliphatic carbocycles. The monoisotopic (exact) mass is 257 g/mol. The number of aliphatic hydroxyl groups excluding tert-OH is 2. The van der Waals surface area contributed by atoms with Crippen molar-refractivity contribution in [1.82, 2.24) is 19.5 Å². The Morgan fingerprint density at radius 1 is 1.61 bits per heavy atom. The normalized spacial score (nSPS) is 14.8. The summed E-state index contributed by atoms with van der Waals surface area (Å²) in [5, 5.41) is 17.8. The zero-order chi connectivity index (χ0) is 13.3. The van der Waals surface area contributed by atoms with E-state index >= 15 is 0 Å². The number of nitrogens with zero attached hydrogens (tertiary/aromatic N) is 3. The van der Waals surface area contributed by atoms with Crippen LogP contribution in [0.5, 0.6) is 0 Å². The number of anilines is 1. The second-order valence-corrected chi connectivity index (χ2v) is 3.79. The van der Waals surface area contributed by atoms with Gasteiger partial charge in [-0.2, -0.15) is 4.98 Å². The number of imidazole rings is 1. The van der Waals surface area contributed by atoms with Gasteiger partial charge in [0.05, 0.1) is 19.5 Å². The zero-order valence-electron chi connectivity index (χ0n) is 9.25. The minimum atomic E-state index is -1.70. The highest BCUT2D eigenvalue weighted by molar-refractivity contribution is 5.70. The molecule has 0 aliphatic heterocycles. The molecule has 9 heteroatoms. The molecular formula is C9H12FN5O3. The second-order valence-electron chi connectivity index (χ2n) is 3.79. The molecule has 0 aliphatic rings. The third kappa shape index (κ3) is 2.17. The molecule has 0 aromatic carbocycles. The van der Waals surface area contributed by atoms with Gasteiger partial charge in [0.2, 0.25) is 5.95 Å². The summed E-state index contributed by atoms with van der Waals surface area (Å²) in [7, 11) is 0. The Balaban J connectivity index is 2.38. The third-order valence-electron chi connectivity index (χ3n) is 2.47. The molecule has 18 heavy (non-hydrogen) atoms. The van der Waals surface area contributed by atoms with Crippen LogP contribution in [-0.4, -0.2) is 48.6 Å². The highest BCUT2D eigenvalue weighted by Gasteiger charge is 2.20. The maximum Gasteiger partial charge on any atom is 0.280 e. The van der Waals surface area contributed by atoms with Crippen molar-refractivity contribution in [1.29, 1.82) is 0 Å². The van der Waals surface area contributed by atoms with Gasteiger partial charge in [-0.1, -0.05) is 0 Å². The van der Waals surface area contributed by atoms with Crippen LogP contribution in [0, 0.1) is 0 Å². The van der Waals surface area contributed by atoms with Crippen LogP contribution in [0.15, 0.2) is 11.1 Å². The summed E-state index contributed by atoms with van der Waals surface area (Å²) in [4.78, 5) is 21.4. The Bertz CT molecular complexity index is 610. The van der Waals surface area contributed by atoms with Crippen molar-refractivity contribution in [2.24, 2.45) is 0 Å². The Morgan fingerprint density at radius 3 is 3.00 bits per heavy atom. The number of rotatable bonds is 4. The molecule has 0 amide bonds. The number of nitrogen functional groups attached to an aromatic ring is 1. The standard InChI is InChI=1S/C9H12FN5O3/c10-4(5(17)2-16)1-15-3-12-6-7(15)13-9(11)14-8(6)18/h3-5,16-17H,1-2H2,(H3,11,13,14,18)/t4-,5-/m1/s1. The van der Waals surface area contributed by atoms with Crippen LogP contribution in [0.4, 0.5) is 10.3 Å².